The van der Waals surface area contributed by atoms with Crippen LogP contribution in [-0.2, 0) is 11.2 Å². The molecule has 0 saturated carbocycles. The lowest BCUT2D eigenvalue weighted by atomic mass is 10.1. The second kappa shape index (κ2) is 5.37. The predicted octanol–water partition coefficient (Wildman–Crippen LogP) is 2.90. The van der Waals surface area contributed by atoms with Gasteiger partial charge in [0.2, 0.25) is 0 Å². The summed E-state index contributed by atoms with van der Waals surface area (Å²) in [5, 5.41) is 0. The van der Waals surface area contributed by atoms with Gasteiger partial charge in [-0.15, -0.1) is 23.4 Å². The molecule has 0 saturated heterocycles. The molecule has 0 aliphatic carbocycles. The summed E-state index contributed by atoms with van der Waals surface area (Å²) in [6, 6.07) is 4.74. The number of carbonyl (C=O) groups is 1. The van der Waals surface area contributed by atoms with Gasteiger partial charge in [-0.3, -0.25) is 4.79 Å². The molecule has 4 heteroatoms. The van der Waals surface area contributed by atoms with Crippen LogP contribution in [0.4, 0.5) is 4.39 Å². The highest BCUT2D eigenvalue weighted by Gasteiger charge is 2.10. The van der Waals surface area contributed by atoms with Crippen molar-refractivity contribution in [3.63, 3.8) is 0 Å². The standard InChI is InChI=1S/C10H10ClFOS/c1-14-10-7(5-8(13)6-11)3-2-4-9(10)12/h2-4H,5-6H2,1H3. The summed E-state index contributed by atoms with van der Waals surface area (Å²) in [4.78, 5) is 11.6. The number of thioether (sulfide) groups is 1. The SMILES string of the molecule is CSc1c(F)cccc1CC(=O)CCl. The van der Waals surface area contributed by atoms with E-state index in [0.29, 0.717) is 10.5 Å². The van der Waals surface area contributed by atoms with Gasteiger partial charge in [0.05, 0.1) is 5.88 Å². The first-order valence-corrected chi connectivity index (χ1v) is 5.84. The van der Waals surface area contributed by atoms with E-state index in [1.54, 1.807) is 18.4 Å². The number of carbonyl (C=O) groups excluding carboxylic acids is 1. The zero-order chi connectivity index (χ0) is 10.6. The number of halogens is 2. The second-order valence-electron chi connectivity index (χ2n) is 2.78. The van der Waals surface area contributed by atoms with Gasteiger partial charge in [-0.2, -0.15) is 0 Å². The van der Waals surface area contributed by atoms with Crippen molar-refractivity contribution in [3.05, 3.63) is 29.6 Å². The van der Waals surface area contributed by atoms with Gasteiger partial charge in [-0.25, -0.2) is 4.39 Å². The molecule has 0 unspecified atom stereocenters. The van der Waals surface area contributed by atoms with Crippen LogP contribution in [0.15, 0.2) is 23.1 Å². The number of alkyl halides is 1. The number of Topliss-reactive ketones (excluding diaryl/α,β-unsaturated/α-hetero) is 1. The fraction of sp³-hybridized carbons (Fsp3) is 0.300. The number of ketones is 1. The lowest BCUT2D eigenvalue weighted by molar-refractivity contribution is -0.116. The van der Waals surface area contributed by atoms with Gasteiger partial charge in [-0.1, -0.05) is 12.1 Å². The topological polar surface area (TPSA) is 17.1 Å². The van der Waals surface area contributed by atoms with Gasteiger partial charge in [-0.05, 0) is 17.9 Å². The monoisotopic (exact) mass is 232 g/mol. The van der Waals surface area contributed by atoms with Gasteiger partial charge in [0.25, 0.3) is 0 Å². The van der Waals surface area contributed by atoms with E-state index in [1.165, 1.54) is 17.8 Å². The van der Waals surface area contributed by atoms with Crippen molar-refractivity contribution >= 4 is 29.1 Å². The van der Waals surface area contributed by atoms with E-state index >= 15 is 0 Å². The molecule has 1 rings (SSSR count). The zero-order valence-electron chi connectivity index (χ0n) is 7.72. The van der Waals surface area contributed by atoms with Crippen LogP contribution in [0, 0.1) is 5.82 Å². The molecule has 0 spiro atoms. The predicted molar refractivity (Wildman–Crippen MR) is 57.6 cm³/mol. The van der Waals surface area contributed by atoms with Crippen LogP contribution in [0.1, 0.15) is 5.56 Å². The molecule has 0 heterocycles. The summed E-state index contributed by atoms with van der Waals surface area (Å²) < 4.78 is 13.2. The van der Waals surface area contributed by atoms with Gasteiger partial charge >= 0.3 is 0 Å². The van der Waals surface area contributed by atoms with E-state index < -0.39 is 0 Å². The smallest absolute Gasteiger partial charge is 0.151 e. The summed E-state index contributed by atoms with van der Waals surface area (Å²) >= 11 is 6.69. The summed E-state index contributed by atoms with van der Waals surface area (Å²) in [6.45, 7) is 0. The van der Waals surface area contributed by atoms with Crippen molar-refractivity contribution < 1.29 is 9.18 Å². The molecule has 14 heavy (non-hydrogen) atoms. The molecule has 1 aromatic rings. The fourth-order valence-electron chi connectivity index (χ4n) is 1.18. The van der Waals surface area contributed by atoms with Crippen molar-refractivity contribution in [2.75, 3.05) is 12.1 Å². The molecule has 0 N–H and O–H groups in total. The third-order valence-corrected chi connectivity index (χ3v) is 2.95. The van der Waals surface area contributed by atoms with Gasteiger partial charge < -0.3 is 0 Å². The molecule has 0 aliphatic rings. The molecule has 0 aliphatic heterocycles. The lowest BCUT2D eigenvalue weighted by Gasteiger charge is -2.06. The third-order valence-electron chi connectivity index (χ3n) is 1.79. The molecule has 1 aromatic carbocycles. The Labute approximate surface area is 91.6 Å². The van der Waals surface area contributed by atoms with Crippen molar-refractivity contribution in [2.45, 2.75) is 11.3 Å². The molecule has 76 valence electrons. The normalized spacial score (nSPS) is 10.2. The molecule has 0 fully saturated rings. The van der Waals surface area contributed by atoms with E-state index in [0.717, 1.165) is 0 Å². The minimum absolute atomic E-state index is 0.0235. The van der Waals surface area contributed by atoms with Crippen LogP contribution in [0.3, 0.4) is 0 Å². The number of benzene rings is 1. The first-order chi connectivity index (χ1) is 6.69. The quantitative estimate of drug-likeness (QED) is 0.587. The van der Waals surface area contributed by atoms with Crippen molar-refractivity contribution in [2.24, 2.45) is 0 Å². The summed E-state index contributed by atoms with van der Waals surface area (Å²) in [5.41, 5.74) is 0.711. The van der Waals surface area contributed by atoms with E-state index in [1.807, 2.05) is 0 Å². The minimum atomic E-state index is -0.280. The first-order valence-electron chi connectivity index (χ1n) is 4.08. The Bertz CT molecular complexity index is 341. The van der Waals surface area contributed by atoms with Crippen LogP contribution in [0.25, 0.3) is 0 Å². The Hall–Kier alpha value is -0.540. The van der Waals surface area contributed by atoms with E-state index in [2.05, 4.69) is 0 Å². The summed E-state index contributed by atoms with van der Waals surface area (Å²) in [6.07, 6.45) is 1.99. The highest BCUT2D eigenvalue weighted by Crippen LogP contribution is 2.24. The molecule has 1 nitrogen and oxygen atoms in total. The van der Waals surface area contributed by atoms with Gasteiger partial charge in [0.15, 0.2) is 5.78 Å². The molecule has 0 bridgehead atoms. The third kappa shape index (κ3) is 2.72. The maximum atomic E-state index is 13.2. The van der Waals surface area contributed by atoms with Gasteiger partial charge in [0.1, 0.15) is 5.82 Å². The van der Waals surface area contributed by atoms with Crippen LogP contribution in [-0.4, -0.2) is 17.9 Å². The van der Waals surface area contributed by atoms with Gasteiger partial charge in [0, 0.05) is 11.3 Å². The number of rotatable bonds is 4. The Balaban J connectivity index is 2.96. The minimum Gasteiger partial charge on any atom is -0.298 e. The second-order valence-corrected chi connectivity index (χ2v) is 3.87. The van der Waals surface area contributed by atoms with E-state index in [4.69, 9.17) is 11.6 Å². The largest absolute Gasteiger partial charge is 0.298 e. The van der Waals surface area contributed by atoms with Crippen molar-refractivity contribution in [1.29, 1.82) is 0 Å². The Kier molecular flexibility index (Phi) is 4.42. The number of hydrogen-bond donors (Lipinski definition) is 0. The molecule has 0 radical (unpaired) electrons. The Morgan fingerprint density at radius 1 is 1.57 bits per heavy atom. The average molecular weight is 233 g/mol. The highest BCUT2D eigenvalue weighted by atomic mass is 35.5. The Morgan fingerprint density at radius 2 is 2.29 bits per heavy atom. The molecular formula is C10H10ClFOS. The van der Waals surface area contributed by atoms with E-state index in [-0.39, 0.29) is 23.9 Å². The summed E-state index contributed by atoms with van der Waals surface area (Å²) in [7, 11) is 0. The van der Waals surface area contributed by atoms with Crippen molar-refractivity contribution in [3.8, 4) is 0 Å². The average Bonchev–Trinajstić information content (AvgIpc) is 2.18. The first kappa shape index (κ1) is 11.5. The molecule has 0 aromatic heterocycles. The molecular weight excluding hydrogens is 223 g/mol. The maximum absolute atomic E-state index is 13.2. The molecule has 0 atom stereocenters. The van der Waals surface area contributed by atoms with E-state index in [9.17, 15) is 9.18 Å². The van der Waals surface area contributed by atoms with Crippen LogP contribution >= 0.6 is 23.4 Å². The highest BCUT2D eigenvalue weighted by molar-refractivity contribution is 7.98. The Morgan fingerprint density at radius 3 is 2.86 bits per heavy atom. The fourth-order valence-corrected chi connectivity index (χ4v) is 1.94. The van der Waals surface area contributed by atoms with Crippen molar-refractivity contribution in [1.82, 2.24) is 0 Å². The molecule has 0 amide bonds. The summed E-state index contributed by atoms with van der Waals surface area (Å²) in [5.74, 6) is -0.394. The lowest BCUT2D eigenvalue weighted by Crippen LogP contribution is -2.05. The van der Waals surface area contributed by atoms with Crippen LogP contribution < -0.4 is 0 Å². The van der Waals surface area contributed by atoms with Crippen LogP contribution in [0.2, 0.25) is 0 Å². The maximum Gasteiger partial charge on any atom is 0.151 e. The van der Waals surface area contributed by atoms with Crippen LogP contribution in [0.5, 0.6) is 0 Å². The zero-order valence-corrected chi connectivity index (χ0v) is 9.29. The number of hydrogen-bond acceptors (Lipinski definition) is 2.